The molecule has 0 aromatic carbocycles. The fourth-order valence-corrected chi connectivity index (χ4v) is 1.42. The van der Waals surface area contributed by atoms with Crippen LogP contribution < -0.4 is 11.1 Å². The quantitative estimate of drug-likeness (QED) is 0.801. The summed E-state index contributed by atoms with van der Waals surface area (Å²) in [6, 6.07) is 3.30. The van der Waals surface area contributed by atoms with Gasteiger partial charge in [-0.15, -0.1) is 0 Å². The lowest BCUT2D eigenvalue weighted by molar-refractivity contribution is 0.0920. The van der Waals surface area contributed by atoms with Crippen molar-refractivity contribution in [1.29, 1.82) is 0 Å². The first-order chi connectivity index (χ1) is 8.20. The van der Waals surface area contributed by atoms with Gasteiger partial charge in [-0.2, -0.15) is 0 Å². The lowest BCUT2D eigenvalue weighted by Crippen LogP contribution is -2.23. The Morgan fingerprint density at radius 1 is 1.59 bits per heavy atom. The number of carbonyl (C=O) groups is 1. The van der Waals surface area contributed by atoms with Gasteiger partial charge in [0.15, 0.2) is 5.76 Å². The Balaban J connectivity index is 1.95. The minimum atomic E-state index is -0.271. The van der Waals surface area contributed by atoms with Crippen LogP contribution in [0.25, 0.3) is 0 Å². The van der Waals surface area contributed by atoms with E-state index in [-0.39, 0.29) is 18.2 Å². The predicted molar refractivity (Wildman–Crippen MR) is 61.0 cm³/mol. The highest BCUT2D eigenvalue weighted by Gasteiger charge is 2.11. The minimum Gasteiger partial charge on any atom is -0.455 e. The molecule has 2 aromatic heterocycles. The second-order valence-corrected chi connectivity index (χ2v) is 3.61. The Kier molecular flexibility index (Phi) is 3.24. The van der Waals surface area contributed by atoms with Gasteiger partial charge in [0.2, 0.25) is 0 Å². The monoisotopic (exact) mass is 234 g/mol. The normalized spacial score (nSPS) is 10.5. The van der Waals surface area contributed by atoms with E-state index in [9.17, 15) is 4.79 Å². The number of carbonyl (C=O) groups excluding carboxylic acids is 1. The second kappa shape index (κ2) is 4.84. The van der Waals surface area contributed by atoms with Crippen LogP contribution in [0.5, 0.6) is 0 Å². The summed E-state index contributed by atoms with van der Waals surface area (Å²) in [4.78, 5) is 15.8. The van der Waals surface area contributed by atoms with E-state index < -0.39 is 0 Å². The average Bonchev–Trinajstić information content (AvgIpc) is 2.94. The summed E-state index contributed by atoms with van der Waals surface area (Å²) >= 11 is 0. The number of nitrogens with zero attached hydrogens (tertiary/aromatic N) is 2. The van der Waals surface area contributed by atoms with Gasteiger partial charge in [-0.25, -0.2) is 4.98 Å². The Morgan fingerprint density at radius 3 is 3.00 bits per heavy atom. The summed E-state index contributed by atoms with van der Waals surface area (Å²) in [5, 5.41) is 2.72. The van der Waals surface area contributed by atoms with Crippen molar-refractivity contribution < 1.29 is 9.21 Å². The molecule has 0 aliphatic rings. The van der Waals surface area contributed by atoms with Crippen LogP contribution in [0, 0.1) is 0 Å². The number of amides is 1. The van der Waals surface area contributed by atoms with Gasteiger partial charge >= 0.3 is 0 Å². The lowest BCUT2D eigenvalue weighted by Gasteiger charge is -2.03. The average molecular weight is 234 g/mol. The minimum absolute atomic E-state index is 0.264. The summed E-state index contributed by atoms with van der Waals surface area (Å²) in [7, 11) is 1.87. The molecular formula is C11H14N4O2. The zero-order chi connectivity index (χ0) is 12.3. The van der Waals surface area contributed by atoms with Crippen LogP contribution in [0.1, 0.15) is 22.1 Å². The van der Waals surface area contributed by atoms with Gasteiger partial charge < -0.3 is 20.0 Å². The van der Waals surface area contributed by atoms with Crippen molar-refractivity contribution in [2.24, 2.45) is 12.8 Å². The van der Waals surface area contributed by atoms with Gasteiger partial charge in [0.1, 0.15) is 11.6 Å². The van der Waals surface area contributed by atoms with Gasteiger partial charge in [-0.1, -0.05) is 0 Å². The standard InChI is InChI=1S/C11H14N4O2/c1-15-5-4-13-10(15)7-14-11(16)9-3-2-8(6-12)17-9/h2-5H,6-7,12H2,1H3,(H,14,16). The highest BCUT2D eigenvalue weighted by Crippen LogP contribution is 2.07. The maximum absolute atomic E-state index is 11.7. The number of nitrogens with one attached hydrogen (secondary N) is 1. The van der Waals surface area contributed by atoms with Crippen LogP contribution in [0.4, 0.5) is 0 Å². The number of rotatable bonds is 4. The van der Waals surface area contributed by atoms with Gasteiger partial charge in [0, 0.05) is 19.4 Å². The molecule has 1 amide bonds. The lowest BCUT2D eigenvalue weighted by atomic mass is 10.4. The summed E-state index contributed by atoms with van der Waals surface area (Å²) in [5.74, 6) is 1.36. The molecule has 0 fully saturated rings. The number of furan rings is 1. The van der Waals surface area contributed by atoms with Crippen molar-refractivity contribution in [3.05, 3.63) is 41.9 Å². The molecule has 0 saturated heterocycles. The molecule has 2 rings (SSSR count). The number of aromatic nitrogens is 2. The SMILES string of the molecule is Cn1ccnc1CNC(=O)c1ccc(CN)o1. The van der Waals surface area contributed by atoms with Crippen molar-refractivity contribution in [2.75, 3.05) is 0 Å². The Morgan fingerprint density at radius 2 is 2.41 bits per heavy atom. The van der Waals surface area contributed by atoms with Gasteiger partial charge in [-0.05, 0) is 12.1 Å². The molecular weight excluding hydrogens is 220 g/mol. The number of hydrogen-bond acceptors (Lipinski definition) is 4. The number of aryl methyl sites for hydroxylation is 1. The molecule has 0 unspecified atom stereocenters. The smallest absolute Gasteiger partial charge is 0.287 e. The predicted octanol–water partition coefficient (Wildman–Crippen LogP) is 0.402. The first kappa shape index (κ1) is 11.4. The Labute approximate surface area is 98.4 Å². The van der Waals surface area contributed by atoms with Crippen LogP contribution in [-0.4, -0.2) is 15.5 Å². The van der Waals surface area contributed by atoms with Gasteiger partial charge in [0.05, 0.1) is 13.1 Å². The summed E-state index contributed by atoms with van der Waals surface area (Å²) in [5.41, 5.74) is 5.40. The first-order valence-electron chi connectivity index (χ1n) is 5.24. The molecule has 3 N–H and O–H groups in total. The largest absolute Gasteiger partial charge is 0.455 e. The molecule has 2 aromatic rings. The van der Waals surface area contributed by atoms with E-state index in [0.29, 0.717) is 12.3 Å². The fourth-order valence-electron chi connectivity index (χ4n) is 1.42. The molecule has 6 heteroatoms. The molecule has 2 heterocycles. The topological polar surface area (TPSA) is 86.1 Å². The highest BCUT2D eigenvalue weighted by molar-refractivity contribution is 5.91. The van der Waals surface area contributed by atoms with E-state index in [4.69, 9.17) is 10.2 Å². The number of imidazole rings is 1. The zero-order valence-electron chi connectivity index (χ0n) is 9.51. The van der Waals surface area contributed by atoms with Crippen LogP contribution in [-0.2, 0) is 20.1 Å². The third-order valence-electron chi connectivity index (χ3n) is 2.41. The molecule has 0 bridgehead atoms. The molecule has 6 nitrogen and oxygen atoms in total. The van der Waals surface area contributed by atoms with Crippen molar-refractivity contribution in [2.45, 2.75) is 13.1 Å². The van der Waals surface area contributed by atoms with E-state index in [1.807, 2.05) is 17.8 Å². The van der Waals surface area contributed by atoms with E-state index >= 15 is 0 Å². The van der Waals surface area contributed by atoms with Crippen LogP contribution in [0.3, 0.4) is 0 Å². The Bertz CT molecular complexity index is 515. The maximum Gasteiger partial charge on any atom is 0.287 e. The molecule has 0 aliphatic heterocycles. The van der Waals surface area contributed by atoms with Crippen molar-refractivity contribution in [3.8, 4) is 0 Å². The highest BCUT2D eigenvalue weighted by atomic mass is 16.4. The van der Waals surface area contributed by atoms with E-state index in [1.54, 1.807) is 18.3 Å². The molecule has 0 saturated carbocycles. The third-order valence-corrected chi connectivity index (χ3v) is 2.41. The molecule has 0 radical (unpaired) electrons. The summed E-state index contributed by atoms with van der Waals surface area (Å²) < 4.78 is 7.07. The molecule has 90 valence electrons. The van der Waals surface area contributed by atoms with Crippen molar-refractivity contribution >= 4 is 5.91 Å². The Hall–Kier alpha value is -2.08. The fraction of sp³-hybridized carbons (Fsp3) is 0.273. The van der Waals surface area contributed by atoms with E-state index in [0.717, 1.165) is 5.82 Å². The van der Waals surface area contributed by atoms with E-state index in [2.05, 4.69) is 10.3 Å². The van der Waals surface area contributed by atoms with E-state index in [1.165, 1.54) is 0 Å². The van der Waals surface area contributed by atoms with Gasteiger partial charge in [0.25, 0.3) is 5.91 Å². The van der Waals surface area contributed by atoms with Crippen molar-refractivity contribution in [3.63, 3.8) is 0 Å². The van der Waals surface area contributed by atoms with Crippen molar-refractivity contribution in [1.82, 2.24) is 14.9 Å². The molecule has 0 atom stereocenters. The number of nitrogens with two attached hydrogens (primary N) is 1. The van der Waals surface area contributed by atoms with Gasteiger partial charge in [-0.3, -0.25) is 4.79 Å². The van der Waals surface area contributed by atoms with Crippen LogP contribution >= 0.6 is 0 Å². The molecule has 0 aliphatic carbocycles. The summed E-state index contributed by atoms with van der Waals surface area (Å²) in [6.45, 7) is 0.646. The third kappa shape index (κ3) is 2.54. The second-order valence-electron chi connectivity index (χ2n) is 3.61. The maximum atomic E-state index is 11.7. The molecule has 0 spiro atoms. The first-order valence-corrected chi connectivity index (χ1v) is 5.24. The summed E-state index contributed by atoms with van der Waals surface area (Å²) in [6.07, 6.45) is 3.50. The van der Waals surface area contributed by atoms with Crippen LogP contribution in [0.2, 0.25) is 0 Å². The molecule has 17 heavy (non-hydrogen) atoms. The van der Waals surface area contributed by atoms with Crippen LogP contribution in [0.15, 0.2) is 28.9 Å². The number of hydrogen-bond donors (Lipinski definition) is 2. The zero-order valence-corrected chi connectivity index (χ0v) is 9.51.